The number of carbonyl (C=O) groups is 3. The number of carbonyl (C=O) groups excluding carboxylic acids is 3. The molecule has 0 heterocycles. The zero-order valence-electron chi connectivity index (χ0n) is 24.1. The normalized spacial score (nSPS) is 11.8. The molecule has 0 fully saturated rings. The summed E-state index contributed by atoms with van der Waals surface area (Å²) in [4.78, 5) is 43.8. The van der Waals surface area contributed by atoms with Crippen LogP contribution in [0.4, 0.5) is 0 Å². The fraction of sp³-hybridized carbons (Fsp3) is 0.889. The lowest BCUT2D eigenvalue weighted by molar-refractivity contribution is -0.162. The average Bonchev–Trinajstić information content (AvgIpc) is 2.90. The molecule has 36 heavy (non-hydrogen) atoms. The number of hydrogen-bond acceptors (Lipinski definition) is 9. The molecule has 0 amide bonds. The molecule has 0 aromatic rings. The summed E-state index contributed by atoms with van der Waals surface area (Å²) in [6.07, 6.45) is 1.39. The van der Waals surface area contributed by atoms with Crippen molar-refractivity contribution in [3.05, 3.63) is 0 Å². The Labute approximate surface area is 219 Å². The van der Waals surface area contributed by atoms with Crippen molar-refractivity contribution in [3.63, 3.8) is 0 Å². The third-order valence-electron chi connectivity index (χ3n) is 6.95. The highest BCUT2D eigenvalue weighted by Gasteiger charge is 2.34. The van der Waals surface area contributed by atoms with Crippen molar-refractivity contribution < 1.29 is 28.6 Å². The largest absolute Gasteiger partial charge is 0.465 e. The van der Waals surface area contributed by atoms with Gasteiger partial charge in [-0.3, -0.25) is 14.4 Å². The van der Waals surface area contributed by atoms with Crippen molar-refractivity contribution >= 4 is 17.9 Å². The Kier molecular flexibility index (Phi) is 19.4. The summed E-state index contributed by atoms with van der Waals surface area (Å²) < 4.78 is 16.8. The number of esters is 3. The third-order valence-corrected chi connectivity index (χ3v) is 6.95. The SMILES string of the molecule is CCN(CC)CCC(=O)OCC(CC)(COC(=O)CCN(CC)CC)COC(=O)CCN(CC)CC. The van der Waals surface area contributed by atoms with E-state index in [0.717, 1.165) is 39.3 Å². The molecular formula is C27H53N3O6. The van der Waals surface area contributed by atoms with Crippen LogP contribution in [0.3, 0.4) is 0 Å². The Bertz CT molecular complexity index is 525. The highest BCUT2D eigenvalue weighted by molar-refractivity contribution is 5.70. The highest BCUT2D eigenvalue weighted by atomic mass is 16.6. The smallest absolute Gasteiger partial charge is 0.307 e. The Balaban J connectivity index is 5.10. The van der Waals surface area contributed by atoms with Gasteiger partial charge in [-0.1, -0.05) is 48.5 Å². The van der Waals surface area contributed by atoms with Gasteiger partial charge >= 0.3 is 17.9 Å². The van der Waals surface area contributed by atoms with Gasteiger partial charge in [-0.25, -0.2) is 0 Å². The van der Waals surface area contributed by atoms with E-state index in [0.29, 0.717) is 26.1 Å². The lowest BCUT2D eigenvalue weighted by Gasteiger charge is -2.31. The van der Waals surface area contributed by atoms with E-state index in [-0.39, 0.29) is 57.0 Å². The summed E-state index contributed by atoms with van der Waals surface area (Å²) in [6, 6.07) is 0. The van der Waals surface area contributed by atoms with Crippen LogP contribution >= 0.6 is 0 Å². The topological polar surface area (TPSA) is 88.6 Å². The summed E-state index contributed by atoms with van der Waals surface area (Å²) >= 11 is 0. The van der Waals surface area contributed by atoms with Crippen LogP contribution in [-0.2, 0) is 28.6 Å². The van der Waals surface area contributed by atoms with Crippen LogP contribution in [0.2, 0.25) is 0 Å². The van der Waals surface area contributed by atoms with Crippen molar-refractivity contribution in [1.29, 1.82) is 0 Å². The first-order chi connectivity index (χ1) is 17.2. The fourth-order valence-electron chi connectivity index (χ4n) is 3.72. The zero-order chi connectivity index (χ0) is 27.4. The maximum atomic E-state index is 12.4. The first-order valence-electron chi connectivity index (χ1n) is 13.9. The molecule has 0 unspecified atom stereocenters. The maximum absolute atomic E-state index is 12.4. The molecule has 0 saturated carbocycles. The van der Waals surface area contributed by atoms with Crippen molar-refractivity contribution in [3.8, 4) is 0 Å². The van der Waals surface area contributed by atoms with Crippen molar-refractivity contribution in [2.45, 2.75) is 74.1 Å². The Morgan fingerprint density at radius 3 is 0.944 bits per heavy atom. The van der Waals surface area contributed by atoms with Gasteiger partial charge in [-0.15, -0.1) is 0 Å². The Morgan fingerprint density at radius 2 is 0.750 bits per heavy atom. The van der Waals surface area contributed by atoms with Gasteiger partial charge in [0.15, 0.2) is 0 Å². The number of rotatable bonds is 22. The minimum absolute atomic E-state index is 0.0350. The van der Waals surface area contributed by atoms with E-state index in [4.69, 9.17) is 14.2 Å². The lowest BCUT2D eigenvalue weighted by Crippen LogP contribution is -2.40. The predicted molar refractivity (Wildman–Crippen MR) is 143 cm³/mol. The van der Waals surface area contributed by atoms with Gasteiger partial charge in [0.1, 0.15) is 19.8 Å². The molecule has 9 nitrogen and oxygen atoms in total. The first kappa shape index (κ1) is 34.3. The second-order valence-corrected chi connectivity index (χ2v) is 9.17. The van der Waals surface area contributed by atoms with Crippen molar-refractivity contribution in [2.75, 3.05) is 78.7 Å². The molecule has 212 valence electrons. The molecule has 0 aliphatic rings. The monoisotopic (exact) mass is 515 g/mol. The van der Waals surface area contributed by atoms with Crippen LogP contribution in [-0.4, -0.2) is 111 Å². The summed E-state index contributed by atoms with van der Waals surface area (Å²) in [5.41, 5.74) is -0.777. The lowest BCUT2D eigenvalue weighted by atomic mass is 9.88. The molecule has 0 bridgehead atoms. The zero-order valence-corrected chi connectivity index (χ0v) is 24.1. The highest BCUT2D eigenvalue weighted by Crippen LogP contribution is 2.25. The van der Waals surface area contributed by atoms with Gasteiger partial charge in [-0.2, -0.15) is 0 Å². The summed E-state index contributed by atoms with van der Waals surface area (Å²) in [6.45, 7) is 21.5. The molecule has 9 heteroatoms. The average molecular weight is 516 g/mol. The predicted octanol–water partition coefficient (Wildman–Crippen LogP) is 3.21. The van der Waals surface area contributed by atoms with Gasteiger partial charge < -0.3 is 28.9 Å². The molecule has 0 saturated heterocycles. The van der Waals surface area contributed by atoms with E-state index < -0.39 is 5.41 Å². The van der Waals surface area contributed by atoms with E-state index in [9.17, 15) is 14.4 Å². The molecule has 0 radical (unpaired) electrons. The van der Waals surface area contributed by atoms with Crippen molar-refractivity contribution in [1.82, 2.24) is 14.7 Å². The second-order valence-electron chi connectivity index (χ2n) is 9.17. The number of nitrogens with zero attached hydrogens (tertiary/aromatic N) is 3. The Morgan fingerprint density at radius 1 is 0.500 bits per heavy atom. The third kappa shape index (κ3) is 14.8. The standard InChI is InChI=1S/C27H53N3O6/c1-8-27(21-34-24(31)15-18-28(9-2)10-3,22-35-25(32)16-19-29(11-4)12-5)23-36-26(33)17-20-30(13-6)14-7/h8-23H2,1-7H3. The minimum atomic E-state index is -0.777. The van der Waals surface area contributed by atoms with Gasteiger partial charge in [-0.05, 0) is 45.7 Å². The van der Waals surface area contributed by atoms with E-state index in [1.165, 1.54) is 0 Å². The fourth-order valence-corrected chi connectivity index (χ4v) is 3.72. The van der Waals surface area contributed by atoms with Crippen LogP contribution in [0.1, 0.15) is 74.1 Å². The molecule has 0 spiro atoms. The molecule has 0 aliphatic carbocycles. The number of ether oxygens (including phenoxy) is 3. The van der Waals surface area contributed by atoms with Gasteiger partial charge in [0.2, 0.25) is 0 Å². The van der Waals surface area contributed by atoms with E-state index >= 15 is 0 Å². The van der Waals surface area contributed by atoms with Crippen molar-refractivity contribution in [2.24, 2.45) is 5.41 Å². The molecule has 0 aromatic carbocycles. The molecule has 0 aliphatic heterocycles. The van der Waals surface area contributed by atoms with Gasteiger partial charge in [0.25, 0.3) is 0 Å². The van der Waals surface area contributed by atoms with Crippen LogP contribution in [0.5, 0.6) is 0 Å². The van der Waals surface area contributed by atoms with Crippen LogP contribution in [0, 0.1) is 5.41 Å². The van der Waals surface area contributed by atoms with E-state index in [1.54, 1.807) is 0 Å². The van der Waals surface area contributed by atoms with Crippen LogP contribution in [0.25, 0.3) is 0 Å². The molecule has 0 N–H and O–H groups in total. The summed E-state index contributed by atoms with van der Waals surface area (Å²) in [5.74, 6) is -0.915. The second kappa shape index (κ2) is 20.4. The van der Waals surface area contributed by atoms with Gasteiger partial charge in [0.05, 0.1) is 24.7 Å². The molecular weight excluding hydrogens is 462 g/mol. The summed E-state index contributed by atoms with van der Waals surface area (Å²) in [5, 5.41) is 0. The molecule has 0 atom stereocenters. The number of hydrogen-bond donors (Lipinski definition) is 0. The van der Waals surface area contributed by atoms with E-state index in [1.807, 2.05) is 6.92 Å². The van der Waals surface area contributed by atoms with Crippen LogP contribution in [0.15, 0.2) is 0 Å². The van der Waals surface area contributed by atoms with Gasteiger partial charge in [0, 0.05) is 19.6 Å². The minimum Gasteiger partial charge on any atom is -0.465 e. The first-order valence-corrected chi connectivity index (χ1v) is 13.9. The maximum Gasteiger partial charge on any atom is 0.307 e. The van der Waals surface area contributed by atoms with E-state index in [2.05, 4.69) is 56.2 Å². The quantitative estimate of drug-likeness (QED) is 0.159. The molecule has 0 rings (SSSR count). The Hall–Kier alpha value is -1.71. The molecule has 0 aromatic heterocycles. The van der Waals surface area contributed by atoms with Crippen LogP contribution < -0.4 is 0 Å². The summed E-state index contributed by atoms with van der Waals surface area (Å²) in [7, 11) is 0.